The van der Waals surface area contributed by atoms with Crippen molar-refractivity contribution in [3.05, 3.63) is 0 Å². The van der Waals surface area contributed by atoms with Crippen LogP contribution in [0.3, 0.4) is 0 Å². The van der Waals surface area contributed by atoms with Gasteiger partial charge in [-0.05, 0) is 38.6 Å². The molecule has 2 saturated heterocycles. The minimum absolute atomic E-state index is 0.0424. The number of ether oxygens (including phenoxy) is 2. The molecule has 98 valence electrons. The van der Waals surface area contributed by atoms with Crippen LogP contribution in [0, 0.1) is 5.41 Å². The number of hydrogen-bond donors (Lipinski definition) is 1. The molecule has 2 aliphatic heterocycles. The van der Waals surface area contributed by atoms with Crippen molar-refractivity contribution in [3.63, 3.8) is 0 Å². The van der Waals surface area contributed by atoms with Crippen LogP contribution in [-0.4, -0.2) is 38.4 Å². The molecule has 2 fully saturated rings. The second-order valence-corrected chi connectivity index (χ2v) is 5.15. The summed E-state index contributed by atoms with van der Waals surface area (Å²) in [5.74, 6) is -0.0424. The van der Waals surface area contributed by atoms with Gasteiger partial charge in [0, 0.05) is 13.2 Å². The van der Waals surface area contributed by atoms with Crippen LogP contribution in [0.2, 0.25) is 0 Å². The molecule has 0 saturated carbocycles. The lowest BCUT2D eigenvalue weighted by Crippen LogP contribution is -2.37. The van der Waals surface area contributed by atoms with Crippen molar-refractivity contribution in [2.75, 3.05) is 26.3 Å². The Hall–Kier alpha value is -0.610. The number of carbonyl (C=O) groups is 1. The van der Waals surface area contributed by atoms with Crippen molar-refractivity contribution in [1.82, 2.24) is 5.32 Å². The highest BCUT2D eigenvalue weighted by Crippen LogP contribution is 2.31. The second kappa shape index (κ2) is 5.83. The molecule has 0 aromatic heterocycles. The Morgan fingerprint density at radius 2 is 2.41 bits per heavy atom. The summed E-state index contributed by atoms with van der Waals surface area (Å²) in [6.07, 6.45) is 5.20. The number of carbonyl (C=O) groups excluding carboxylic acids is 1. The van der Waals surface area contributed by atoms with E-state index in [-0.39, 0.29) is 17.5 Å². The van der Waals surface area contributed by atoms with Gasteiger partial charge in [0.25, 0.3) is 0 Å². The quantitative estimate of drug-likeness (QED) is 0.758. The lowest BCUT2D eigenvalue weighted by molar-refractivity contribution is -0.160. The summed E-state index contributed by atoms with van der Waals surface area (Å²) in [5.41, 5.74) is -0.283. The third kappa shape index (κ3) is 2.99. The maximum atomic E-state index is 12.1. The molecule has 0 aromatic rings. The van der Waals surface area contributed by atoms with Crippen LogP contribution in [0.1, 0.15) is 39.0 Å². The Morgan fingerprint density at radius 1 is 1.53 bits per heavy atom. The first kappa shape index (κ1) is 12.8. The fourth-order valence-corrected chi connectivity index (χ4v) is 2.62. The molecule has 2 rings (SSSR count). The average molecular weight is 241 g/mol. The minimum Gasteiger partial charge on any atom is -0.462 e. The van der Waals surface area contributed by atoms with Gasteiger partial charge in [0.2, 0.25) is 0 Å². The molecule has 0 amide bonds. The van der Waals surface area contributed by atoms with Crippen LogP contribution >= 0.6 is 0 Å². The fourth-order valence-electron chi connectivity index (χ4n) is 2.62. The van der Waals surface area contributed by atoms with Crippen molar-refractivity contribution >= 4 is 5.97 Å². The van der Waals surface area contributed by atoms with Crippen LogP contribution in [-0.2, 0) is 14.3 Å². The van der Waals surface area contributed by atoms with Gasteiger partial charge in [-0.3, -0.25) is 4.79 Å². The highest BCUT2D eigenvalue weighted by molar-refractivity contribution is 5.77. The van der Waals surface area contributed by atoms with E-state index in [0.717, 1.165) is 45.4 Å². The fraction of sp³-hybridized carbons (Fsp3) is 0.923. The average Bonchev–Trinajstić information content (AvgIpc) is 2.87. The lowest BCUT2D eigenvalue weighted by atomic mass is 9.84. The third-order valence-electron chi connectivity index (χ3n) is 4.03. The van der Waals surface area contributed by atoms with E-state index in [1.54, 1.807) is 0 Å². The molecule has 0 aromatic carbocycles. The van der Waals surface area contributed by atoms with E-state index >= 15 is 0 Å². The van der Waals surface area contributed by atoms with E-state index < -0.39 is 0 Å². The van der Waals surface area contributed by atoms with Gasteiger partial charge < -0.3 is 14.8 Å². The molecular formula is C13H23NO3. The summed E-state index contributed by atoms with van der Waals surface area (Å²) in [4.78, 5) is 12.1. The predicted molar refractivity (Wildman–Crippen MR) is 64.8 cm³/mol. The summed E-state index contributed by atoms with van der Waals surface area (Å²) < 4.78 is 11.0. The molecular weight excluding hydrogens is 218 g/mol. The van der Waals surface area contributed by atoms with Crippen LogP contribution in [0.4, 0.5) is 0 Å². The highest BCUT2D eigenvalue weighted by Gasteiger charge is 2.41. The van der Waals surface area contributed by atoms with Gasteiger partial charge in [0.15, 0.2) is 0 Å². The van der Waals surface area contributed by atoms with Crippen LogP contribution < -0.4 is 5.32 Å². The zero-order chi connectivity index (χ0) is 12.1. The van der Waals surface area contributed by atoms with E-state index in [0.29, 0.717) is 6.61 Å². The van der Waals surface area contributed by atoms with Crippen molar-refractivity contribution in [2.24, 2.45) is 5.41 Å². The van der Waals surface area contributed by atoms with E-state index in [4.69, 9.17) is 9.47 Å². The Bertz CT molecular complexity index is 255. The molecule has 2 aliphatic rings. The summed E-state index contributed by atoms with van der Waals surface area (Å²) >= 11 is 0. The van der Waals surface area contributed by atoms with Crippen molar-refractivity contribution < 1.29 is 14.3 Å². The normalized spacial score (nSPS) is 33.6. The van der Waals surface area contributed by atoms with Crippen molar-refractivity contribution in [1.29, 1.82) is 0 Å². The minimum atomic E-state index is -0.283. The van der Waals surface area contributed by atoms with Gasteiger partial charge in [-0.2, -0.15) is 0 Å². The van der Waals surface area contributed by atoms with Gasteiger partial charge >= 0.3 is 5.97 Å². The monoisotopic (exact) mass is 241 g/mol. The molecule has 0 bridgehead atoms. The number of esters is 1. The smallest absolute Gasteiger partial charge is 0.313 e. The third-order valence-corrected chi connectivity index (χ3v) is 4.03. The first-order chi connectivity index (χ1) is 8.27. The molecule has 4 heteroatoms. The molecule has 17 heavy (non-hydrogen) atoms. The maximum Gasteiger partial charge on any atom is 0.313 e. The van der Waals surface area contributed by atoms with Crippen molar-refractivity contribution in [2.45, 2.75) is 45.1 Å². The Morgan fingerprint density at radius 3 is 3.00 bits per heavy atom. The Labute approximate surface area is 103 Å². The Kier molecular flexibility index (Phi) is 4.40. The van der Waals surface area contributed by atoms with Crippen molar-refractivity contribution in [3.8, 4) is 0 Å². The summed E-state index contributed by atoms with van der Waals surface area (Å²) in [6, 6.07) is 0. The first-order valence-electron chi connectivity index (χ1n) is 6.76. The number of nitrogens with one attached hydrogen (secondary N) is 1. The summed E-state index contributed by atoms with van der Waals surface area (Å²) in [6.45, 7) is 4.98. The van der Waals surface area contributed by atoms with E-state index in [2.05, 4.69) is 12.2 Å². The molecule has 2 atom stereocenters. The van der Waals surface area contributed by atoms with E-state index in [1.165, 1.54) is 6.42 Å². The van der Waals surface area contributed by atoms with E-state index in [1.807, 2.05) is 0 Å². The number of hydrogen-bond acceptors (Lipinski definition) is 4. The van der Waals surface area contributed by atoms with Gasteiger partial charge in [0.05, 0.1) is 11.5 Å². The predicted octanol–water partition coefficient (Wildman–Crippen LogP) is 1.49. The molecule has 2 unspecified atom stereocenters. The zero-order valence-electron chi connectivity index (χ0n) is 10.7. The molecule has 4 nitrogen and oxygen atoms in total. The topological polar surface area (TPSA) is 47.6 Å². The summed E-state index contributed by atoms with van der Waals surface area (Å²) in [5, 5.41) is 3.25. The largest absolute Gasteiger partial charge is 0.462 e. The maximum absolute atomic E-state index is 12.1. The molecule has 2 heterocycles. The molecule has 0 spiro atoms. The lowest BCUT2D eigenvalue weighted by Gasteiger charge is -2.27. The first-order valence-corrected chi connectivity index (χ1v) is 6.76. The highest BCUT2D eigenvalue weighted by atomic mass is 16.6. The van der Waals surface area contributed by atoms with Crippen LogP contribution in [0.5, 0.6) is 0 Å². The molecule has 0 radical (unpaired) electrons. The van der Waals surface area contributed by atoms with Gasteiger partial charge in [0.1, 0.15) is 6.61 Å². The molecule has 1 N–H and O–H groups in total. The summed E-state index contributed by atoms with van der Waals surface area (Å²) in [7, 11) is 0. The van der Waals surface area contributed by atoms with Gasteiger partial charge in [-0.1, -0.05) is 6.92 Å². The van der Waals surface area contributed by atoms with E-state index in [9.17, 15) is 4.79 Å². The number of rotatable bonds is 4. The van der Waals surface area contributed by atoms with Gasteiger partial charge in [-0.25, -0.2) is 0 Å². The zero-order valence-corrected chi connectivity index (χ0v) is 10.7. The SMILES string of the molecule is CCC1(C(=O)OCC2CCCCO2)CCNC1. The second-order valence-electron chi connectivity index (χ2n) is 5.15. The Balaban J connectivity index is 1.79. The standard InChI is InChI=1S/C13H23NO3/c1-2-13(6-7-14-10-13)12(15)17-9-11-5-3-4-8-16-11/h11,14H,2-10H2,1H3. The van der Waals surface area contributed by atoms with Crippen LogP contribution in [0.15, 0.2) is 0 Å². The van der Waals surface area contributed by atoms with Gasteiger partial charge in [-0.15, -0.1) is 0 Å². The molecule has 0 aliphatic carbocycles. The van der Waals surface area contributed by atoms with Crippen LogP contribution in [0.25, 0.3) is 0 Å².